The molecule has 0 radical (unpaired) electrons. The highest BCUT2D eigenvalue weighted by molar-refractivity contribution is 5.02. The third-order valence-corrected chi connectivity index (χ3v) is 3.11. The van der Waals surface area contributed by atoms with Crippen LogP contribution in [0.25, 0.3) is 0 Å². The second-order valence-electron chi connectivity index (χ2n) is 4.50. The molecule has 2 heteroatoms. The van der Waals surface area contributed by atoms with Crippen LogP contribution in [-0.4, -0.2) is 24.4 Å². The van der Waals surface area contributed by atoms with Crippen molar-refractivity contribution in [1.29, 1.82) is 0 Å². The summed E-state index contributed by atoms with van der Waals surface area (Å²) in [6.07, 6.45) is 3.85. The molecule has 0 aromatic heterocycles. The van der Waals surface area contributed by atoms with Crippen molar-refractivity contribution in [1.82, 2.24) is 0 Å². The first kappa shape index (κ1) is 11.7. The summed E-state index contributed by atoms with van der Waals surface area (Å²) in [6, 6.07) is 0. The highest BCUT2D eigenvalue weighted by Crippen LogP contribution is 2.34. The zero-order valence-corrected chi connectivity index (χ0v) is 9.33. The first-order chi connectivity index (χ1) is 6.65. The average Bonchev–Trinajstić information content (AvgIpc) is 2.14. The summed E-state index contributed by atoms with van der Waals surface area (Å²) in [5, 5.41) is 8.74. The van der Waals surface area contributed by atoms with Crippen LogP contribution in [0, 0.1) is 11.8 Å². The topological polar surface area (TPSA) is 29.5 Å². The molecule has 0 aliphatic heterocycles. The highest BCUT2D eigenvalue weighted by Gasteiger charge is 2.29. The molecule has 1 N–H and O–H groups in total. The SMILES string of the molecule is C=C(C)C1CCC(C)CC1OCCO. The minimum atomic E-state index is 0.119. The Kier molecular flexibility index (Phi) is 4.63. The van der Waals surface area contributed by atoms with E-state index in [2.05, 4.69) is 20.4 Å². The van der Waals surface area contributed by atoms with E-state index in [9.17, 15) is 0 Å². The molecule has 0 aromatic carbocycles. The normalized spacial score (nSPS) is 32.9. The van der Waals surface area contributed by atoms with Gasteiger partial charge in [0.15, 0.2) is 0 Å². The molecule has 2 nitrogen and oxygen atoms in total. The van der Waals surface area contributed by atoms with Crippen LogP contribution in [-0.2, 0) is 4.74 Å². The Bertz CT molecular complexity index is 189. The molecule has 1 saturated carbocycles. The Morgan fingerprint density at radius 3 is 2.79 bits per heavy atom. The standard InChI is InChI=1S/C12H22O2/c1-9(2)11-5-4-10(3)8-12(11)14-7-6-13/h10-13H,1,4-8H2,2-3H3. The minimum Gasteiger partial charge on any atom is -0.394 e. The van der Waals surface area contributed by atoms with Crippen molar-refractivity contribution >= 4 is 0 Å². The maximum absolute atomic E-state index is 8.74. The molecule has 1 fully saturated rings. The van der Waals surface area contributed by atoms with Crippen LogP contribution in [0.3, 0.4) is 0 Å². The van der Waals surface area contributed by atoms with E-state index in [0.717, 1.165) is 12.3 Å². The van der Waals surface area contributed by atoms with E-state index in [1.54, 1.807) is 0 Å². The number of hydrogen-bond donors (Lipinski definition) is 1. The molecule has 0 saturated heterocycles. The van der Waals surface area contributed by atoms with Gasteiger partial charge < -0.3 is 9.84 Å². The highest BCUT2D eigenvalue weighted by atomic mass is 16.5. The molecule has 0 spiro atoms. The Morgan fingerprint density at radius 1 is 1.50 bits per heavy atom. The Morgan fingerprint density at radius 2 is 2.21 bits per heavy atom. The zero-order valence-electron chi connectivity index (χ0n) is 9.33. The number of aliphatic hydroxyl groups is 1. The molecule has 0 heterocycles. The van der Waals surface area contributed by atoms with Gasteiger partial charge in [0.1, 0.15) is 0 Å². The molecule has 1 aliphatic rings. The lowest BCUT2D eigenvalue weighted by Gasteiger charge is -2.35. The molecule has 0 amide bonds. The number of aliphatic hydroxyl groups excluding tert-OH is 1. The van der Waals surface area contributed by atoms with Crippen LogP contribution in [0.15, 0.2) is 12.2 Å². The van der Waals surface area contributed by atoms with E-state index in [1.165, 1.54) is 18.4 Å². The number of rotatable bonds is 4. The van der Waals surface area contributed by atoms with Crippen LogP contribution >= 0.6 is 0 Å². The van der Waals surface area contributed by atoms with Gasteiger partial charge in [0, 0.05) is 5.92 Å². The van der Waals surface area contributed by atoms with Crippen molar-refractivity contribution in [3.05, 3.63) is 12.2 Å². The summed E-state index contributed by atoms with van der Waals surface area (Å²) in [5.74, 6) is 1.24. The predicted molar refractivity (Wildman–Crippen MR) is 58.1 cm³/mol. The van der Waals surface area contributed by atoms with Crippen molar-refractivity contribution < 1.29 is 9.84 Å². The molecule has 82 valence electrons. The fourth-order valence-electron chi connectivity index (χ4n) is 2.28. The van der Waals surface area contributed by atoms with Gasteiger partial charge in [-0.2, -0.15) is 0 Å². The van der Waals surface area contributed by atoms with Crippen molar-refractivity contribution in [2.24, 2.45) is 11.8 Å². The Labute approximate surface area is 87.0 Å². The lowest BCUT2D eigenvalue weighted by Crippen LogP contribution is -2.32. The fraction of sp³-hybridized carbons (Fsp3) is 0.833. The monoisotopic (exact) mass is 198 g/mol. The van der Waals surface area contributed by atoms with E-state index in [0.29, 0.717) is 12.5 Å². The van der Waals surface area contributed by atoms with Crippen LogP contribution in [0.1, 0.15) is 33.1 Å². The first-order valence-electron chi connectivity index (χ1n) is 5.53. The van der Waals surface area contributed by atoms with Gasteiger partial charge in [-0.1, -0.05) is 19.1 Å². The van der Waals surface area contributed by atoms with E-state index in [-0.39, 0.29) is 12.7 Å². The molecule has 3 unspecified atom stereocenters. The predicted octanol–water partition coefficient (Wildman–Crippen LogP) is 2.38. The van der Waals surface area contributed by atoms with E-state index in [1.807, 2.05) is 0 Å². The molecular weight excluding hydrogens is 176 g/mol. The van der Waals surface area contributed by atoms with Crippen LogP contribution < -0.4 is 0 Å². The van der Waals surface area contributed by atoms with Gasteiger partial charge in [0.2, 0.25) is 0 Å². The van der Waals surface area contributed by atoms with Crippen LogP contribution in [0.4, 0.5) is 0 Å². The van der Waals surface area contributed by atoms with Crippen LogP contribution in [0.2, 0.25) is 0 Å². The van der Waals surface area contributed by atoms with Crippen LogP contribution in [0.5, 0.6) is 0 Å². The molecular formula is C12H22O2. The van der Waals surface area contributed by atoms with Gasteiger partial charge in [0.05, 0.1) is 19.3 Å². The summed E-state index contributed by atoms with van der Waals surface area (Å²) >= 11 is 0. The van der Waals surface area contributed by atoms with Gasteiger partial charge in [-0.25, -0.2) is 0 Å². The summed E-state index contributed by atoms with van der Waals surface area (Å²) in [5.41, 5.74) is 1.22. The lowest BCUT2D eigenvalue weighted by atomic mass is 9.78. The Hall–Kier alpha value is -0.340. The van der Waals surface area contributed by atoms with E-state index >= 15 is 0 Å². The third-order valence-electron chi connectivity index (χ3n) is 3.11. The molecule has 1 rings (SSSR count). The summed E-state index contributed by atoms with van der Waals surface area (Å²) in [6.45, 7) is 8.95. The van der Waals surface area contributed by atoms with Crippen molar-refractivity contribution in [3.63, 3.8) is 0 Å². The van der Waals surface area contributed by atoms with Gasteiger partial charge in [0.25, 0.3) is 0 Å². The molecule has 0 bridgehead atoms. The molecule has 3 atom stereocenters. The van der Waals surface area contributed by atoms with Gasteiger partial charge in [-0.3, -0.25) is 0 Å². The number of hydrogen-bond acceptors (Lipinski definition) is 2. The zero-order chi connectivity index (χ0) is 10.6. The number of ether oxygens (including phenoxy) is 1. The van der Waals surface area contributed by atoms with E-state index in [4.69, 9.17) is 9.84 Å². The maximum Gasteiger partial charge on any atom is 0.0701 e. The van der Waals surface area contributed by atoms with Crippen molar-refractivity contribution in [2.75, 3.05) is 13.2 Å². The fourth-order valence-corrected chi connectivity index (χ4v) is 2.28. The molecule has 1 aliphatic carbocycles. The van der Waals surface area contributed by atoms with Crippen molar-refractivity contribution in [3.8, 4) is 0 Å². The molecule has 14 heavy (non-hydrogen) atoms. The second-order valence-corrected chi connectivity index (χ2v) is 4.50. The lowest BCUT2D eigenvalue weighted by molar-refractivity contribution is -0.0261. The molecule has 0 aromatic rings. The van der Waals surface area contributed by atoms with Crippen molar-refractivity contribution in [2.45, 2.75) is 39.2 Å². The smallest absolute Gasteiger partial charge is 0.0701 e. The quantitative estimate of drug-likeness (QED) is 0.703. The summed E-state index contributed by atoms with van der Waals surface area (Å²) < 4.78 is 5.67. The van der Waals surface area contributed by atoms with Gasteiger partial charge in [-0.05, 0) is 32.1 Å². The van der Waals surface area contributed by atoms with Gasteiger partial charge in [-0.15, -0.1) is 0 Å². The van der Waals surface area contributed by atoms with Gasteiger partial charge >= 0.3 is 0 Å². The first-order valence-corrected chi connectivity index (χ1v) is 5.53. The minimum absolute atomic E-state index is 0.119. The largest absolute Gasteiger partial charge is 0.394 e. The maximum atomic E-state index is 8.74. The summed E-state index contributed by atoms with van der Waals surface area (Å²) in [7, 11) is 0. The second kappa shape index (κ2) is 5.52. The Balaban J connectivity index is 2.50. The third kappa shape index (κ3) is 3.10. The summed E-state index contributed by atoms with van der Waals surface area (Å²) in [4.78, 5) is 0. The van der Waals surface area contributed by atoms with E-state index < -0.39 is 0 Å². The average molecular weight is 198 g/mol.